The fourth-order valence-electron chi connectivity index (χ4n) is 5.13. The number of rotatable bonds is 2. The van der Waals surface area contributed by atoms with Gasteiger partial charge in [-0.05, 0) is 40.5 Å². The van der Waals surface area contributed by atoms with E-state index in [1.807, 2.05) is 11.5 Å². The van der Waals surface area contributed by atoms with Gasteiger partial charge in [0.1, 0.15) is 17.3 Å². The third kappa shape index (κ3) is 3.11. The quantitative estimate of drug-likeness (QED) is 0.467. The van der Waals surface area contributed by atoms with Gasteiger partial charge in [-0.1, -0.05) is 4.73 Å². The van der Waals surface area contributed by atoms with Gasteiger partial charge in [0.05, 0.1) is 17.6 Å². The van der Waals surface area contributed by atoms with E-state index >= 15 is 4.39 Å². The van der Waals surface area contributed by atoms with Crippen LogP contribution in [-0.2, 0) is 4.74 Å². The third-order valence-corrected chi connectivity index (χ3v) is 6.80. The average Bonchev–Trinajstić information content (AvgIpc) is 3.40. The third-order valence-electron chi connectivity index (χ3n) is 6.80. The Hall–Kier alpha value is -3.14. The lowest BCUT2D eigenvalue weighted by Crippen LogP contribution is -2.58. The van der Waals surface area contributed by atoms with E-state index < -0.39 is 28.8 Å². The van der Waals surface area contributed by atoms with Gasteiger partial charge in [-0.3, -0.25) is 4.79 Å². The van der Waals surface area contributed by atoms with Crippen molar-refractivity contribution < 1.29 is 19.1 Å². The SMILES string of the molecule is C[C@@H]1CCC[N+]1(C(=O)OC(C)(C)C)c1cc2c(cc1F)n1c(=O)n(O)c(=O)cc1n2C1CC1. The maximum absolute atomic E-state index is 15.8. The van der Waals surface area contributed by atoms with Crippen molar-refractivity contribution in [1.29, 1.82) is 0 Å². The molecule has 33 heavy (non-hydrogen) atoms. The van der Waals surface area contributed by atoms with Crippen LogP contribution in [-0.4, -0.2) is 43.2 Å². The predicted octanol–water partition coefficient (Wildman–Crippen LogP) is 3.55. The zero-order valence-electron chi connectivity index (χ0n) is 19.2. The van der Waals surface area contributed by atoms with Crippen LogP contribution < -0.4 is 15.7 Å². The number of aromatic nitrogens is 3. The predicted molar refractivity (Wildman–Crippen MR) is 120 cm³/mol. The maximum atomic E-state index is 15.8. The lowest BCUT2D eigenvalue weighted by molar-refractivity contribution is 0.0245. The first-order valence-corrected chi connectivity index (χ1v) is 11.3. The monoisotopic (exact) mass is 459 g/mol. The highest BCUT2D eigenvalue weighted by Gasteiger charge is 2.52. The minimum absolute atomic E-state index is 0.0206. The summed E-state index contributed by atoms with van der Waals surface area (Å²) in [7, 11) is 0. The van der Waals surface area contributed by atoms with Gasteiger partial charge in [0.2, 0.25) is 0 Å². The molecule has 1 unspecified atom stereocenters. The highest BCUT2D eigenvalue weighted by molar-refractivity contribution is 5.90. The first kappa shape index (κ1) is 21.7. The normalized spacial score (nSPS) is 23.5. The smallest absolute Gasteiger partial charge is 0.421 e. The van der Waals surface area contributed by atoms with Gasteiger partial charge in [0.15, 0.2) is 11.5 Å². The van der Waals surface area contributed by atoms with Gasteiger partial charge in [-0.25, -0.2) is 13.6 Å². The summed E-state index contributed by atoms with van der Waals surface area (Å²) in [6, 6.07) is 3.87. The molecule has 10 heteroatoms. The van der Waals surface area contributed by atoms with Crippen LogP contribution in [0.3, 0.4) is 0 Å². The van der Waals surface area contributed by atoms with E-state index in [2.05, 4.69) is 0 Å². The molecule has 3 aromatic rings. The van der Waals surface area contributed by atoms with Crippen LogP contribution in [0.5, 0.6) is 0 Å². The van der Waals surface area contributed by atoms with Crippen molar-refractivity contribution in [3.05, 3.63) is 44.9 Å². The molecule has 1 aliphatic carbocycles. The Labute approximate surface area is 188 Å². The first-order chi connectivity index (χ1) is 15.5. The van der Waals surface area contributed by atoms with E-state index in [0.717, 1.165) is 30.1 Å². The first-order valence-electron chi connectivity index (χ1n) is 11.3. The maximum Gasteiger partial charge on any atom is 0.522 e. The van der Waals surface area contributed by atoms with Gasteiger partial charge >= 0.3 is 11.8 Å². The molecule has 2 aliphatic rings. The highest BCUT2D eigenvalue weighted by atomic mass is 19.1. The molecule has 3 heterocycles. The summed E-state index contributed by atoms with van der Waals surface area (Å²) in [5, 5.41) is 9.88. The van der Waals surface area contributed by atoms with Crippen LogP contribution in [0.1, 0.15) is 59.4 Å². The van der Waals surface area contributed by atoms with Crippen LogP contribution >= 0.6 is 0 Å². The molecule has 9 nitrogen and oxygen atoms in total. The highest BCUT2D eigenvalue weighted by Crippen LogP contribution is 2.43. The molecule has 1 aliphatic heterocycles. The minimum Gasteiger partial charge on any atom is -0.421 e. The summed E-state index contributed by atoms with van der Waals surface area (Å²) in [6.07, 6.45) is 2.68. The number of carbonyl (C=O) groups is 1. The number of likely N-dealkylation sites (tertiary alicyclic amines) is 1. The average molecular weight is 459 g/mol. The molecule has 1 saturated carbocycles. The van der Waals surface area contributed by atoms with Crippen molar-refractivity contribution >= 4 is 28.5 Å². The number of imidazole rings is 1. The Morgan fingerprint density at radius 2 is 1.85 bits per heavy atom. The molecule has 0 spiro atoms. The van der Waals surface area contributed by atoms with E-state index in [0.29, 0.717) is 17.7 Å². The molecule has 1 N–H and O–H groups in total. The van der Waals surface area contributed by atoms with Crippen molar-refractivity contribution in [3.63, 3.8) is 0 Å². The number of carbonyl (C=O) groups excluding carboxylic acids is 1. The van der Waals surface area contributed by atoms with Crippen LogP contribution in [0.25, 0.3) is 16.7 Å². The number of hydrogen-bond acceptors (Lipinski definition) is 5. The Bertz CT molecular complexity index is 1430. The van der Waals surface area contributed by atoms with Crippen LogP contribution in [0.2, 0.25) is 0 Å². The van der Waals surface area contributed by atoms with Crippen LogP contribution in [0.4, 0.5) is 14.9 Å². The van der Waals surface area contributed by atoms with Gasteiger partial charge in [-0.15, -0.1) is 0 Å². The topological polar surface area (TPSA) is 94.9 Å². The summed E-state index contributed by atoms with van der Waals surface area (Å²) < 4.78 is 24.2. The molecule has 1 saturated heterocycles. The van der Waals surface area contributed by atoms with Gasteiger partial charge < -0.3 is 14.5 Å². The van der Waals surface area contributed by atoms with Crippen LogP contribution in [0, 0.1) is 5.82 Å². The molecular weight excluding hydrogens is 431 g/mol. The molecule has 2 atom stereocenters. The van der Waals surface area contributed by atoms with Crippen molar-refractivity contribution in [2.24, 2.45) is 0 Å². The number of halogens is 1. The summed E-state index contributed by atoms with van der Waals surface area (Å²) in [5.74, 6) is -0.639. The second-order valence-corrected chi connectivity index (χ2v) is 10.2. The summed E-state index contributed by atoms with van der Waals surface area (Å²) >= 11 is 0. The molecule has 2 aromatic heterocycles. The van der Waals surface area contributed by atoms with Crippen molar-refractivity contribution in [2.75, 3.05) is 6.54 Å². The number of fused-ring (bicyclic) bond motifs is 3. The molecule has 176 valence electrons. The molecule has 0 radical (unpaired) electrons. The zero-order chi connectivity index (χ0) is 23.9. The largest absolute Gasteiger partial charge is 0.522 e. The molecular formula is C23H28FN4O5+. The molecule has 0 bridgehead atoms. The Morgan fingerprint density at radius 1 is 1.15 bits per heavy atom. The summed E-state index contributed by atoms with van der Waals surface area (Å²) in [6.45, 7) is 7.67. The molecule has 1 amide bonds. The fourth-order valence-corrected chi connectivity index (χ4v) is 5.13. The number of ether oxygens (including phenoxy) is 1. The number of nitrogens with zero attached hydrogens (tertiary/aromatic N) is 4. The van der Waals surface area contributed by atoms with Crippen molar-refractivity contribution in [2.45, 2.75) is 71.1 Å². The van der Waals surface area contributed by atoms with E-state index in [1.165, 1.54) is 12.1 Å². The summed E-state index contributed by atoms with van der Waals surface area (Å²) in [4.78, 5) is 38.3. The Balaban J connectivity index is 1.84. The second kappa shape index (κ2) is 6.93. The number of benzene rings is 1. The molecule has 5 rings (SSSR count). The lowest BCUT2D eigenvalue weighted by Gasteiger charge is -2.36. The van der Waals surface area contributed by atoms with Crippen molar-refractivity contribution in [3.8, 4) is 0 Å². The number of quaternary nitrogens is 1. The molecule has 1 aromatic carbocycles. The van der Waals surface area contributed by atoms with Gasteiger partial charge in [0, 0.05) is 37.1 Å². The van der Waals surface area contributed by atoms with E-state index in [9.17, 15) is 19.6 Å². The van der Waals surface area contributed by atoms with Gasteiger partial charge in [0.25, 0.3) is 5.56 Å². The lowest BCUT2D eigenvalue weighted by atomic mass is 10.1. The standard InChI is InChI=1S/C23H28FN4O5/c1-13-6-5-9-28(13,22(31)33-23(2,3)4)18-11-17-16(10-15(18)24)26-19(25(17)14-7-8-14)12-20(29)27(32)21(26)30/h10-14,32H,5-9H2,1-4H3/q+1/t13-,28?/m1/s1. The van der Waals surface area contributed by atoms with E-state index in [4.69, 9.17) is 4.74 Å². The summed E-state index contributed by atoms with van der Waals surface area (Å²) in [5.41, 5.74) is -1.28. The van der Waals surface area contributed by atoms with Crippen LogP contribution in [0.15, 0.2) is 27.8 Å². The minimum atomic E-state index is -0.959. The number of hydrogen-bond donors (Lipinski definition) is 1. The van der Waals surface area contributed by atoms with E-state index in [1.54, 1.807) is 26.8 Å². The Morgan fingerprint density at radius 3 is 2.42 bits per heavy atom. The Kier molecular flexibility index (Phi) is 4.55. The van der Waals surface area contributed by atoms with Crippen molar-refractivity contribution in [1.82, 2.24) is 18.2 Å². The fraction of sp³-hybridized carbons (Fsp3) is 0.522. The second-order valence-electron chi connectivity index (χ2n) is 10.2. The number of amides is 1. The van der Waals surface area contributed by atoms with Gasteiger partial charge in [-0.2, -0.15) is 9.28 Å². The van der Waals surface area contributed by atoms with E-state index in [-0.39, 0.29) is 32.5 Å². The zero-order valence-corrected chi connectivity index (χ0v) is 19.2. The molecule has 2 fully saturated rings.